The van der Waals surface area contributed by atoms with Gasteiger partial charge in [-0.2, -0.15) is 0 Å². The van der Waals surface area contributed by atoms with Crippen molar-refractivity contribution in [1.82, 2.24) is 5.32 Å². The summed E-state index contributed by atoms with van der Waals surface area (Å²) in [5.41, 5.74) is 2.17. The molecular weight excluding hydrogens is 266 g/mol. The summed E-state index contributed by atoms with van der Waals surface area (Å²) in [4.78, 5) is 11.9. The fraction of sp³-hybridized carbons (Fsp3) is 0.353. The molecule has 2 aromatic rings. The first-order valence-corrected chi connectivity index (χ1v) is 7.08. The maximum Gasteiger partial charge on any atom is 0.287 e. The Bertz CT molecular complexity index is 584. The van der Waals surface area contributed by atoms with E-state index in [1.54, 1.807) is 12.1 Å². The molecule has 0 aliphatic rings. The minimum atomic E-state index is -0.199. The van der Waals surface area contributed by atoms with E-state index >= 15 is 0 Å². The summed E-state index contributed by atoms with van der Waals surface area (Å²) in [6.07, 6.45) is 0.223. The van der Waals surface area contributed by atoms with E-state index in [1.807, 2.05) is 45.0 Å². The molecule has 1 aromatic carbocycles. The normalized spacial score (nSPS) is 10.9. The van der Waals surface area contributed by atoms with Gasteiger partial charge in [0.25, 0.3) is 5.91 Å². The number of carbonyl (C=O) groups excluding carboxylic acids is 1. The second-order valence-electron chi connectivity index (χ2n) is 5.27. The Balaban J connectivity index is 1.84. The topological polar surface area (TPSA) is 51.5 Å². The highest BCUT2D eigenvalue weighted by Gasteiger charge is 2.09. The summed E-state index contributed by atoms with van der Waals surface area (Å²) < 4.78 is 10.8. The maximum absolute atomic E-state index is 11.9. The fourth-order valence-corrected chi connectivity index (χ4v) is 1.84. The van der Waals surface area contributed by atoms with Crippen LogP contribution in [-0.2, 0) is 17.9 Å². The maximum atomic E-state index is 11.9. The quantitative estimate of drug-likeness (QED) is 0.885. The number of hydrogen-bond donors (Lipinski definition) is 1. The summed E-state index contributed by atoms with van der Waals surface area (Å²) in [5, 5.41) is 2.83. The molecule has 1 N–H and O–H groups in total. The molecule has 0 bridgehead atoms. The Morgan fingerprint density at radius 2 is 1.81 bits per heavy atom. The van der Waals surface area contributed by atoms with Crippen LogP contribution >= 0.6 is 0 Å². The minimum absolute atomic E-state index is 0.199. The first kappa shape index (κ1) is 15.3. The minimum Gasteiger partial charge on any atom is -0.456 e. The highest BCUT2D eigenvalue weighted by Crippen LogP contribution is 2.09. The number of benzene rings is 1. The molecule has 2 rings (SSSR count). The summed E-state index contributed by atoms with van der Waals surface area (Å²) >= 11 is 0. The second-order valence-corrected chi connectivity index (χ2v) is 5.27. The molecule has 1 aromatic heterocycles. The lowest BCUT2D eigenvalue weighted by atomic mass is 10.1. The Kier molecular flexibility index (Phi) is 5.17. The zero-order valence-corrected chi connectivity index (χ0v) is 12.7. The van der Waals surface area contributed by atoms with Gasteiger partial charge in [-0.1, -0.05) is 24.3 Å². The SMILES string of the molecule is Cc1ccc(C(=O)NCc2ccc(COC(C)C)cc2)o1. The Morgan fingerprint density at radius 1 is 1.14 bits per heavy atom. The monoisotopic (exact) mass is 287 g/mol. The molecule has 1 amide bonds. The van der Waals surface area contributed by atoms with Crippen LogP contribution in [0.1, 0.15) is 41.3 Å². The van der Waals surface area contributed by atoms with Gasteiger partial charge in [0.2, 0.25) is 0 Å². The number of ether oxygens (including phenoxy) is 1. The van der Waals surface area contributed by atoms with Crippen LogP contribution in [0.15, 0.2) is 40.8 Å². The van der Waals surface area contributed by atoms with Crippen LogP contribution in [0.25, 0.3) is 0 Å². The molecule has 0 unspecified atom stereocenters. The van der Waals surface area contributed by atoms with Gasteiger partial charge >= 0.3 is 0 Å². The number of aryl methyl sites for hydroxylation is 1. The molecule has 1 heterocycles. The molecule has 0 radical (unpaired) electrons. The van der Waals surface area contributed by atoms with Crippen molar-refractivity contribution in [3.05, 3.63) is 59.0 Å². The molecule has 21 heavy (non-hydrogen) atoms. The average molecular weight is 287 g/mol. The van der Waals surface area contributed by atoms with Crippen LogP contribution in [0.5, 0.6) is 0 Å². The lowest BCUT2D eigenvalue weighted by Crippen LogP contribution is -2.22. The van der Waals surface area contributed by atoms with Crippen LogP contribution < -0.4 is 5.32 Å². The van der Waals surface area contributed by atoms with E-state index in [0.717, 1.165) is 16.9 Å². The molecule has 0 fully saturated rings. The van der Waals surface area contributed by atoms with Crippen LogP contribution in [0, 0.1) is 6.92 Å². The van der Waals surface area contributed by atoms with Crippen LogP contribution in [0.2, 0.25) is 0 Å². The Labute approximate surface area is 125 Å². The van der Waals surface area contributed by atoms with Gasteiger partial charge in [0.1, 0.15) is 5.76 Å². The first-order valence-electron chi connectivity index (χ1n) is 7.08. The number of amides is 1. The molecule has 112 valence electrons. The van der Waals surface area contributed by atoms with Crippen molar-refractivity contribution < 1.29 is 13.9 Å². The highest BCUT2D eigenvalue weighted by molar-refractivity contribution is 5.91. The molecule has 0 aliphatic heterocycles. The molecule has 4 heteroatoms. The number of carbonyl (C=O) groups is 1. The van der Waals surface area contributed by atoms with Crippen molar-refractivity contribution in [2.75, 3.05) is 0 Å². The van der Waals surface area contributed by atoms with Gasteiger partial charge in [-0.25, -0.2) is 0 Å². The molecule has 0 saturated heterocycles. The van der Waals surface area contributed by atoms with Gasteiger partial charge in [-0.3, -0.25) is 4.79 Å². The molecule has 0 spiro atoms. The summed E-state index contributed by atoms with van der Waals surface area (Å²) in [5.74, 6) is 0.874. The summed E-state index contributed by atoms with van der Waals surface area (Å²) in [7, 11) is 0. The van der Waals surface area contributed by atoms with Gasteiger partial charge in [-0.05, 0) is 44.0 Å². The number of furan rings is 1. The molecular formula is C17H21NO3. The Hall–Kier alpha value is -2.07. The van der Waals surface area contributed by atoms with Crippen molar-refractivity contribution in [3.63, 3.8) is 0 Å². The van der Waals surface area contributed by atoms with E-state index in [2.05, 4.69) is 5.32 Å². The van der Waals surface area contributed by atoms with Crippen molar-refractivity contribution in [2.24, 2.45) is 0 Å². The van der Waals surface area contributed by atoms with Gasteiger partial charge in [0.15, 0.2) is 5.76 Å². The van der Waals surface area contributed by atoms with E-state index in [0.29, 0.717) is 18.9 Å². The van der Waals surface area contributed by atoms with E-state index < -0.39 is 0 Å². The van der Waals surface area contributed by atoms with Crippen LogP contribution in [0.4, 0.5) is 0 Å². The smallest absolute Gasteiger partial charge is 0.287 e. The van der Waals surface area contributed by atoms with E-state index in [1.165, 1.54) is 0 Å². The van der Waals surface area contributed by atoms with Gasteiger partial charge in [0, 0.05) is 6.54 Å². The molecule has 4 nitrogen and oxygen atoms in total. The van der Waals surface area contributed by atoms with E-state index in [-0.39, 0.29) is 12.0 Å². The second kappa shape index (κ2) is 7.09. The third-order valence-corrected chi connectivity index (χ3v) is 3.02. The van der Waals surface area contributed by atoms with Crippen molar-refractivity contribution in [1.29, 1.82) is 0 Å². The van der Waals surface area contributed by atoms with Gasteiger partial charge in [0.05, 0.1) is 12.7 Å². The van der Waals surface area contributed by atoms with E-state index in [4.69, 9.17) is 9.15 Å². The zero-order valence-electron chi connectivity index (χ0n) is 12.7. The van der Waals surface area contributed by atoms with Gasteiger partial charge in [-0.15, -0.1) is 0 Å². The average Bonchev–Trinajstić information content (AvgIpc) is 2.90. The van der Waals surface area contributed by atoms with E-state index in [9.17, 15) is 4.79 Å². The number of rotatable bonds is 6. The predicted molar refractivity (Wildman–Crippen MR) is 81.0 cm³/mol. The predicted octanol–water partition coefficient (Wildman–Crippen LogP) is 3.44. The number of nitrogens with one attached hydrogen (secondary N) is 1. The fourth-order valence-electron chi connectivity index (χ4n) is 1.84. The van der Waals surface area contributed by atoms with Crippen molar-refractivity contribution in [3.8, 4) is 0 Å². The van der Waals surface area contributed by atoms with Crippen molar-refractivity contribution >= 4 is 5.91 Å². The van der Waals surface area contributed by atoms with Crippen LogP contribution in [0.3, 0.4) is 0 Å². The third kappa shape index (κ3) is 4.76. The summed E-state index contributed by atoms with van der Waals surface area (Å²) in [6.45, 7) is 6.93. The largest absolute Gasteiger partial charge is 0.456 e. The molecule has 0 aliphatic carbocycles. The standard InChI is InChI=1S/C17H21NO3/c1-12(2)20-11-15-7-5-14(6-8-15)10-18-17(19)16-9-4-13(3)21-16/h4-9,12H,10-11H2,1-3H3,(H,18,19). The first-order chi connectivity index (χ1) is 10.0. The van der Waals surface area contributed by atoms with Crippen LogP contribution in [-0.4, -0.2) is 12.0 Å². The molecule has 0 atom stereocenters. The lowest BCUT2D eigenvalue weighted by molar-refractivity contribution is 0.0657. The Morgan fingerprint density at radius 3 is 2.38 bits per heavy atom. The zero-order chi connectivity index (χ0) is 15.2. The third-order valence-electron chi connectivity index (χ3n) is 3.02. The van der Waals surface area contributed by atoms with Crippen molar-refractivity contribution in [2.45, 2.75) is 40.0 Å². The van der Waals surface area contributed by atoms with Gasteiger partial charge < -0.3 is 14.5 Å². The summed E-state index contributed by atoms with van der Waals surface area (Å²) in [6, 6.07) is 11.5. The highest BCUT2D eigenvalue weighted by atomic mass is 16.5. The molecule has 0 saturated carbocycles. The number of hydrogen-bond acceptors (Lipinski definition) is 3. The lowest BCUT2D eigenvalue weighted by Gasteiger charge is -2.08.